The van der Waals surface area contributed by atoms with Crippen molar-refractivity contribution in [2.75, 3.05) is 14.1 Å². The second-order valence-electron chi connectivity index (χ2n) is 8.38. The van der Waals surface area contributed by atoms with Crippen molar-refractivity contribution in [2.24, 2.45) is 0 Å². The summed E-state index contributed by atoms with van der Waals surface area (Å²) in [6, 6.07) is 3.54. The summed E-state index contributed by atoms with van der Waals surface area (Å²) in [6.07, 6.45) is 20.4. The monoisotopic (exact) mass is 306 g/mol. The zero-order chi connectivity index (χ0) is 15.4. The Kier molecular flexibility index (Phi) is 6.21. The molecule has 3 rings (SSSR count). The molecule has 3 fully saturated rings. The average molecular weight is 307 g/mol. The van der Waals surface area contributed by atoms with Crippen LogP contribution in [0.25, 0.3) is 0 Å². The molecule has 0 aliphatic heterocycles. The molecule has 0 unspecified atom stereocenters. The van der Waals surface area contributed by atoms with Crippen LogP contribution in [-0.4, -0.2) is 48.1 Å². The molecule has 3 saturated carbocycles. The first-order chi connectivity index (χ1) is 10.8. The minimum Gasteiger partial charge on any atom is -0.300 e. The molecular formula is C20H38N2. The molecule has 0 bridgehead atoms. The first-order valence-electron chi connectivity index (χ1n) is 10.2. The Hall–Kier alpha value is -0.0800. The van der Waals surface area contributed by atoms with E-state index in [-0.39, 0.29) is 0 Å². The van der Waals surface area contributed by atoms with E-state index in [9.17, 15) is 0 Å². The molecule has 3 aliphatic carbocycles. The number of hydrogen-bond acceptors (Lipinski definition) is 2. The highest BCUT2D eigenvalue weighted by atomic mass is 15.2. The van der Waals surface area contributed by atoms with Crippen LogP contribution in [0.15, 0.2) is 0 Å². The molecule has 22 heavy (non-hydrogen) atoms. The third-order valence-electron chi connectivity index (χ3n) is 7.12. The van der Waals surface area contributed by atoms with Gasteiger partial charge in [0.05, 0.1) is 0 Å². The van der Waals surface area contributed by atoms with E-state index in [1.54, 1.807) is 0 Å². The van der Waals surface area contributed by atoms with Gasteiger partial charge in [0.15, 0.2) is 0 Å². The van der Waals surface area contributed by atoms with Crippen molar-refractivity contribution < 1.29 is 0 Å². The number of hydrogen-bond donors (Lipinski definition) is 0. The minimum absolute atomic E-state index is 0.874. The minimum atomic E-state index is 0.874. The molecule has 0 atom stereocenters. The van der Waals surface area contributed by atoms with Gasteiger partial charge in [0, 0.05) is 24.2 Å². The van der Waals surface area contributed by atoms with Gasteiger partial charge in [-0.3, -0.25) is 0 Å². The normalized spacial score (nSPS) is 32.7. The van der Waals surface area contributed by atoms with Crippen molar-refractivity contribution in [1.82, 2.24) is 9.80 Å². The Bertz CT molecular complexity index is 278. The molecule has 0 heterocycles. The van der Waals surface area contributed by atoms with E-state index in [1.807, 2.05) is 0 Å². The Morgan fingerprint density at radius 1 is 0.409 bits per heavy atom. The summed E-state index contributed by atoms with van der Waals surface area (Å²) in [5, 5.41) is 0. The van der Waals surface area contributed by atoms with Crippen molar-refractivity contribution in [1.29, 1.82) is 0 Å². The predicted molar refractivity (Wildman–Crippen MR) is 95.3 cm³/mol. The molecule has 0 saturated heterocycles. The summed E-state index contributed by atoms with van der Waals surface area (Å²) in [5.74, 6) is 0. The van der Waals surface area contributed by atoms with Crippen molar-refractivity contribution in [2.45, 2.75) is 114 Å². The van der Waals surface area contributed by atoms with E-state index < -0.39 is 0 Å². The maximum atomic E-state index is 2.77. The van der Waals surface area contributed by atoms with Crippen molar-refractivity contribution in [3.63, 3.8) is 0 Å². The largest absolute Gasteiger partial charge is 0.300 e. The fourth-order valence-electron chi connectivity index (χ4n) is 5.45. The zero-order valence-electron chi connectivity index (χ0n) is 15.1. The van der Waals surface area contributed by atoms with Gasteiger partial charge in [-0.25, -0.2) is 0 Å². The van der Waals surface area contributed by atoms with Gasteiger partial charge in [0.1, 0.15) is 0 Å². The maximum Gasteiger partial charge on any atom is 0.00963 e. The van der Waals surface area contributed by atoms with Gasteiger partial charge < -0.3 is 9.80 Å². The van der Waals surface area contributed by atoms with Gasteiger partial charge in [-0.2, -0.15) is 0 Å². The molecule has 0 amide bonds. The number of nitrogens with zero attached hydrogens (tertiary/aromatic N) is 2. The lowest BCUT2D eigenvalue weighted by molar-refractivity contribution is 0.0597. The van der Waals surface area contributed by atoms with Crippen LogP contribution >= 0.6 is 0 Å². The topological polar surface area (TPSA) is 6.48 Å². The lowest BCUT2D eigenvalue weighted by atomic mass is 9.85. The fraction of sp³-hybridized carbons (Fsp3) is 1.00. The Morgan fingerprint density at radius 3 is 1.00 bits per heavy atom. The van der Waals surface area contributed by atoms with Crippen LogP contribution in [0.1, 0.15) is 89.9 Å². The third-order valence-corrected chi connectivity index (χ3v) is 7.12. The van der Waals surface area contributed by atoms with Crippen molar-refractivity contribution in [3.05, 3.63) is 0 Å². The molecule has 0 aromatic heterocycles. The summed E-state index contributed by atoms with van der Waals surface area (Å²) in [4.78, 5) is 5.55. The summed E-state index contributed by atoms with van der Waals surface area (Å²) in [7, 11) is 4.84. The first kappa shape index (κ1) is 16.8. The molecule has 0 aromatic carbocycles. The van der Waals surface area contributed by atoms with Crippen LogP contribution in [-0.2, 0) is 0 Å². The van der Waals surface area contributed by atoms with E-state index in [1.165, 1.54) is 89.9 Å². The van der Waals surface area contributed by atoms with Gasteiger partial charge >= 0.3 is 0 Å². The smallest absolute Gasteiger partial charge is 0.00963 e. The van der Waals surface area contributed by atoms with Gasteiger partial charge in [-0.15, -0.1) is 0 Å². The molecule has 3 aliphatic rings. The van der Waals surface area contributed by atoms with Crippen molar-refractivity contribution in [3.8, 4) is 0 Å². The van der Waals surface area contributed by atoms with Crippen LogP contribution in [0, 0.1) is 0 Å². The SMILES string of the molecule is CN(C1CCCCC1)C1CCC(N(C)C2CCCCC2)CC1. The van der Waals surface area contributed by atoms with Gasteiger partial charge in [-0.05, 0) is 65.5 Å². The number of rotatable bonds is 4. The molecule has 0 aromatic rings. The van der Waals surface area contributed by atoms with Crippen LogP contribution in [0.3, 0.4) is 0 Å². The van der Waals surface area contributed by atoms with E-state index in [0.29, 0.717) is 0 Å². The molecule has 2 nitrogen and oxygen atoms in total. The second-order valence-corrected chi connectivity index (χ2v) is 8.38. The van der Waals surface area contributed by atoms with Crippen LogP contribution < -0.4 is 0 Å². The summed E-state index contributed by atoms with van der Waals surface area (Å²) < 4.78 is 0. The molecule has 2 heteroatoms. The quantitative estimate of drug-likeness (QED) is 0.734. The highest BCUT2D eigenvalue weighted by molar-refractivity contribution is 4.88. The first-order valence-corrected chi connectivity index (χ1v) is 10.2. The van der Waals surface area contributed by atoms with E-state index >= 15 is 0 Å². The summed E-state index contributed by atoms with van der Waals surface area (Å²) in [5.41, 5.74) is 0. The van der Waals surface area contributed by atoms with E-state index in [0.717, 1.165) is 24.2 Å². The molecular weight excluding hydrogens is 268 g/mol. The van der Waals surface area contributed by atoms with Crippen LogP contribution in [0.5, 0.6) is 0 Å². The van der Waals surface area contributed by atoms with Crippen LogP contribution in [0.2, 0.25) is 0 Å². The highest BCUT2D eigenvalue weighted by Crippen LogP contribution is 2.32. The van der Waals surface area contributed by atoms with Gasteiger partial charge in [-0.1, -0.05) is 38.5 Å². The van der Waals surface area contributed by atoms with Crippen molar-refractivity contribution >= 4 is 0 Å². The zero-order valence-corrected chi connectivity index (χ0v) is 15.1. The standard InChI is InChI=1S/C20H38N2/c1-21(17-9-5-3-6-10-17)19-13-15-20(16-14-19)22(2)18-11-7-4-8-12-18/h17-20H,3-16H2,1-2H3. The molecule has 0 spiro atoms. The highest BCUT2D eigenvalue weighted by Gasteiger charge is 2.32. The van der Waals surface area contributed by atoms with Crippen LogP contribution in [0.4, 0.5) is 0 Å². The second kappa shape index (κ2) is 8.15. The molecule has 0 radical (unpaired) electrons. The third kappa shape index (κ3) is 4.06. The summed E-state index contributed by atoms with van der Waals surface area (Å²) >= 11 is 0. The van der Waals surface area contributed by atoms with E-state index in [2.05, 4.69) is 23.9 Å². The summed E-state index contributed by atoms with van der Waals surface area (Å²) in [6.45, 7) is 0. The van der Waals surface area contributed by atoms with Gasteiger partial charge in [0.25, 0.3) is 0 Å². The molecule has 0 N–H and O–H groups in total. The van der Waals surface area contributed by atoms with Gasteiger partial charge in [0.2, 0.25) is 0 Å². The Morgan fingerprint density at radius 2 is 0.682 bits per heavy atom. The Labute approximate surface area is 138 Å². The maximum absolute atomic E-state index is 2.77. The molecule has 128 valence electrons. The predicted octanol–water partition coefficient (Wildman–Crippen LogP) is 4.83. The Balaban J connectivity index is 1.45. The van der Waals surface area contributed by atoms with E-state index in [4.69, 9.17) is 0 Å². The average Bonchev–Trinajstić information content (AvgIpc) is 2.62. The fourth-order valence-corrected chi connectivity index (χ4v) is 5.45. The lowest BCUT2D eigenvalue weighted by Crippen LogP contribution is -2.48. The lowest BCUT2D eigenvalue weighted by Gasteiger charge is -2.44.